The maximum absolute atomic E-state index is 12.4. The van der Waals surface area contributed by atoms with Crippen molar-refractivity contribution in [2.45, 2.75) is 12.6 Å². The summed E-state index contributed by atoms with van der Waals surface area (Å²) in [5.41, 5.74) is 1.58. The molecule has 1 N–H and O–H groups in total. The highest BCUT2D eigenvalue weighted by atomic mass is 19.4. The maximum atomic E-state index is 12.4. The van der Waals surface area contributed by atoms with Gasteiger partial charge >= 0.3 is 6.18 Å². The Labute approximate surface area is 170 Å². The summed E-state index contributed by atoms with van der Waals surface area (Å²) in [5.74, 6) is 0.794. The highest BCUT2D eigenvalue weighted by molar-refractivity contribution is 5.92. The first kappa shape index (κ1) is 21.4. The lowest BCUT2D eigenvalue weighted by molar-refractivity contribution is -0.153. The number of hydrogen-bond donors (Lipinski definition) is 1. The van der Waals surface area contributed by atoms with Gasteiger partial charge in [-0.1, -0.05) is 6.07 Å². The zero-order valence-corrected chi connectivity index (χ0v) is 16.5. The zero-order chi connectivity index (χ0) is 21.9. The van der Waals surface area contributed by atoms with Gasteiger partial charge in [0.05, 0.1) is 21.3 Å². The van der Waals surface area contributed by atoms with E-state index in [1.807, 2.05) is 0 Å². The van der Waals surface area contributed by atoms with Crippen LogP contribution in [-0.2, 0) is 6.42 Å². The van der Waals surface area contributed by atoms with Crippen LogP contribution in [-0.4, -0.2) is 44.2 Å². The second-order valence-electron chi connectivity index (χ2n) is 6.42. The van der Waals surface area contributed by atoms with Crippen molar-refractivity contribution in [1.82, 2.24) is 4.98 Å². The molecule has 30 heavy (non-hydrogen) atoms. The molecular formula is C21H20F3NO5. The maximum Gasteiger partial charge on any atom is 0.422 e. The average molecular weight is 423 g/mol. The minimum Gasteiger partial charge on any atom is -0.504 e. The number of phenolic OH excluding ortho intramolecular Hbond substituents is 1. The first-order valence-corrected chi connectivity index (χ1v) is 8.84. The number of nitrogens with zero attached hydrogens (tertiary/aromatic N) is 1. The molecule has 6 nitrogen and oxygen atoms in total. The molecule has 1 aromatic heterocycles. The summed E-state index contributed by atoms with van der Waals surface area (Å²) in [7, 11) is 4.54. The van der Waals surface area contributed by atoms with Gasteiger partial charge in [-0.25, -0.2) is 0 Å². The number of fused-ring (bicyclic) bond motifs is 1. The number of aromatic hydroxyl groups is 1. The van der Waals surface area contributed by atoms with E-state index < -0.39 is 18.5 Å². The summed E-state index contributed by atoms with van der Waals surface area (Å²) in [6.07, 6.45) is -1.10. The molecule has 3 aromatic rings. The molecule has 0 fully saturated rings. The molecule has 0 radical (unpaired) electrons. The molecule has 0 spiro atoms. The van der Waals surface area contributed by atoms with E-state index in [9.17, 15) is 18.3 Å². The van der Waals surface area contributed by atoms with E-state index in [1.54, 1.807) is 24.4 Å². The van der Waals surface area contributed by atoms with Gasteiger partial charge in [0.15, 0.2) is 29.6 Å². The Morgan fingerprint density at radius 3 is 2.13 bits per heavy atom. The van der Waals surface area contributed by atoms with Crippen LogP contribution in [0, 0.1) is 0 Å². The van der Waals surface area contributed by atoms with E-state index in [2.05, 4.69) is 4.98 Å². The largest absolute Gasteiger partial charge is 0.504 e. The van der Waals surface area contributed by atoms with Crippen molar-refractivity contribution in [3.8, 4) is 28.7 Å². The third kappa shape index (κ3) is 4.45. The van der Waals surface area contributed by atoms with Gasteiger partial charge in [0, 0.05) is 17.8 Å². The van der Waals surface area contributed by atoms with Crippen molar-refractivity contribution in [1.29, 1.82) is 0 Å². The Bertz CT molecular complexity index is 1030. The third-order valence-corrected chi connectivity index (χ3v) is 4.47. The molecule has 0 aliphatic carbocycles. The Morgan fingerprint density at radius 1 is 0.900 bits per heavy atom. The second-order valence-corrected chi connectivity index (χ2v) is 6.42. The van der Waals surface area contributed by atoms with Crippen molar-refractivity contribution >= 4 is 10.8 Å². The number of benzene rings is 2. The molecule has 9 heteroatoms. The van der Waals surface area contributed by atoms with Gasteiger partial charge in [-0.15, -0.1) is 0 Å². The van der Waals surface area contributed by atoms with E-state index in [0.717, 1.165) is 11.1 Å². The Hall–Kier alpha value is -3.36. The summed E-state index contributed by atoms with van der Waals surface area (Å²) < 4.78 is 58.0. The molecule has 0 unspecified atom stereocenters. The van der Waals surface area contributed by atoms with Gasteiger partial charge < -0.3 is 24.1 Å². The highest BCUT2D eigenvalue weighted by Crippen LogP contribution is 2.40. The molecule has 0 aliphatic rings. The number of alkyl halides is 3. The molecular weight excluding hydrogens is 403 g/mol. The van der Waals surface area contributed by atoms with Gasteiger partial charge in [0.25, 0.3) is 0 Å². The minimum absolute atomic E-state index is 0.258. The van der Waals surface area contributed by atoms with Crippen LogP contribution in [0.4, 0.5) is 13.2 Å². The van der Waals surface area contributed by atoms with Crippen LogP contribution in [0.5, 0.6) is 28.7 Å². The van der Waals surface area contributed by atoms with Gasteiger partial charge in [-0.2, -0.15) is 13.2 Å². The standard InChI is InChI=1S/C21H20F3NO5/c1-27-17-7-12(8-18(28-2)20(17)29-3)6-13-9-25-10-15-14(13)4-5-16(19(15)26)30-11-21(22,23)24/h4-5,7-10,26H,6,11H2,1-3H3. The fourth-order valence-electron chi connectivity index (χ4n) is 3.14. The van der Waals surface area contributed by atoms with Crippen LogP contribution in [0.3, 0.4) is 0 Å². The first-order valence-electron chi connectivity index (χ1n) is 8.84. The summed E-state index contributed by atoms with van der Waals surface area (Å²) in [4.78, 5) is 4.11. The van der Waals surface area contributed by atoms with Crippen LogP contribution in [0.25, 0.3) is 10.8 Å². The van der Waals surface area contributed by atoms with Gasteiger partial charge in [-0.3, -0.25) is 4.98 Å². The monoisotopic (exact) mass is 423 g/mol. The number of hydrogen-bond acceptors (Lipinski definition) is 6. The number of ether oxygens (including phenoxy) is 4. The quantitative estimate of drug-likeness (QED) is 0.604. The number of methoxy groups -OCH3 is 3. The lowest BCUT2D eigenvalue weighted by atomic mass is 9.99. The molecule has 0 bridgehead atoms. The van der Waals surface area contributed by atoms with Crippen LogP contribution in [0.2, 0.25) is 0 Å². The normalized spacial score (nSPS) is 11.4. The number of halogens is 3. The van der Waals surface area contributed by atoms with Crippen LogP contribution >= 0.6 is 0 Å². The van der Waals surface area contributed by atoms with Crippen molar-refractivity contribution < 1.29 is 37.2 Å². The number of aromatic nitrogens is 1. The third-order valence-electron chi connectivity index (χ3n) is 4.47. The summed E-state index contributed by atoms with van der Waals surface area (Å²) >= 11 is 0. The zero-order valence-electron chi connectivity index (χ0n) is 16.5. The van der Waals surface area contributed by atoms with Gasteiger partial charge in [-0.05, 0) is 41.1 Å². The van der Waals surface area contributed by atoms with Crippen molar-refractivity contribution in [3.63, 3.8) is 0 Å². The van der Waals surface area contributed by atoms with E-state index in [-0.39, 0.29) is 5.75 Å². The molecule has 1 heterocycles. The Kier molecular flexibility index (Phi) is 6.09. The lowest BCUT2D eigenvalue weighted by Crippen LogP contribution is -2.19. The molecule has 3 rings (SSSR count). The Morgan fingerprint density at radius 2 is 1.57 bits per heavy atom. The fourth-order valence-corrected chi connectivity index (χ4v) is 3.14. The summed E-state index contributed by atoms with van der Waals surface area (Å²) in [5, 5.41) is 11.3. The van der Waals surface area contributed by atoms with E-state index in [1.165, 1.54) is 33.6 Å². The average Bonchev–Trinajstić information content (AvgIpc) is 2.72. The van der Waals surface area contributed by atoms with Crippen molar-refractivity contribution in [2.24, 2.45) is 0 Å². The first-order chi connectivity index (χ1) is 14.3. The predicted octanol–water partition coefficient (Wildman–Crippen LogP) is 4.50. The number of pyridine rings is 1. The number of rotatable bonds is 7. The molecule has 0 saturated heterocycles. The topological polar surface area (TPSA) is 70.0 Å². The van der Waals surface area contributed by atoms with Gasteiger partial charge in [0.1, 0.15) is 0 Å². The highest BCUT2D eigenvalue weighted by Gasteiger charge is 2.29. The van der Waals surface area contributed by atoms with Crippen LogP contribution in [0.15, 0.2) is 36.7 Å². The van der Waals surface area contributed by atoms with Crippen molar-refractivity contribution in [3.05, 3.63) is 47.8 Å². The fraction of sp³-hybridized carbons (Fsp3) is 0.286. The molecule has 2 aromatic carbocycles. The Balaban J connectivity index is 1.99. The van der Waals surface area contributed by atoms with E-state index >= 15 is 0 Å². The SMILES string of the molecule is COc1cc(Cc2cncc3c(O)c(OCC(F)(F)F)ccc23)cc(OC)c1OC. The van der Waals surface area contributed by atoms with Crippen LogP contribution in [0.1, 0.15) is 11.1 Å². The molecule has 0 saturated carbocycles. The molecule has 0 aliphatic heterocycles. The van der Waals surface area contributed by atoms with Crippen LogP contribution < -0.4 is 18.9 Å². The molecule has 0 amide bonds. The van der Waals surface area contributed by atoms with E-state index in [4.69, 9.17) is 18.9 Å². The van der Waals surface area contributed by atoms with Gasteiger partial charge in [0.2, 0.25) is 5.75 Å². The minimum atomic E-state index is -4.51. The summed E-state index contributed by atoms with van der Waals surface area (Å²) in [6, 6.07) is 6.49. The smallest absolute Gasteiger partial charge is 0.422 e. The molecule has 160 valence electrons. The predicted molar refractivity (Wildman–Crippen MR) is 104 cm³/mol. The second kappa shape index (κ2) is 8.56. The lowest BCUT2D eigenvalue weighted by Gasteiger charge is -2.15. The summed E-state index contributed by atoms with van der Waals surface area (Å²) in [6.45, 7) is -1.50. The number of phenols is 1. The van der Waals surface area contributed by atoms with E-state index in [0.29, 0.717) is 34.4 Å². The molecule has 0 atom stereocenters. The van der Waals surface area contributed by atoms with Crippen molar-refractivity contribution in [2.75, 3.05) is 27.9 Å².